The first-order valence-corrected chi connectivity index (χ1v) is 7.66. The van der Waals surface area contributed by atoms with Crippen LogP contribution in [0.5, 0.6) is 5.75 Å². The van der Waals surface area contributed by atoms with Gasteiger partial charge >= 0.3 is 5.97 Å². The highest BCUT2D eigenvalue weighted by Crippen LogP contribution is 2.40. The van der Waals surface area contributed by atoms with Crippen LogP contribution in [0.2, 0.25) is 0 Å². The van der Waals surface area contributed by atoms with Gasteiger partial charge in [-0.05, 0) is 30.5 Å². The monoisotopic (exact) mass is 298 g/mol. The molecule has 22 heavy (non-hydrogen) atoms. The van der Waals surface area contributed by atoms with E-state index < -0.39 is 17.5 Å². The van der Waals surface area contributed by atoms with Crippen molar-refractivity contribution in [2.75, 3.05) is 0 Å². The predicted octanol–water partition coefficient (Wildman–Crippen LogP) is 4.48. The largest absolute Gasteiger partial charge is 0.482 e. The maximum Gasteiger partial charge on any atom is 0.310 e. The van der Waals surface area contributed by atoms with Gasteiger partial charge in [-0.3, -0.25) is 4.79 Å². The minimum Gasteiger partial charge on any atom is -0.482 e. The average molecular weight is 298 g/mol. The Labute approximate surface area is 131 Å². The lowest BCUT2D eigenvalue weighted by atomic mass is 9.77. The first-order valence-electron chi connectivity index (χ1n) is 7.66. The van der Waals surface area contributed by atoms with Crippen LogP contribution in [0.15, 0.2) is 60.7 Å². The summed E-state index contributed by atoms with van der Waals surface area (Å²) >= 11 is 0. The summed E-state index contributed by atoms with van der Waals surface area (Å²) in [5.74, 6) is -0.753. The number of aliphatic carboxylic acids is 1. The third-order valence-electron chi connectivity index (χ3n) is 4.10. The molecule has 2 aromatic carbocycles. The fraction of sp³-hybridized carbons (Fsp3) is 0.316. The minimum absolute atomic E-state index is 0.505. The Hall–Kier alpha value is -2.29. The molecule has 3 nitrogen and oxygen atoms in total. The number of hydrogen-bond acceptors (Lipinski definition) is 2. The Morgan fingerprint density at radius 2 is 1.59 bits per heavy atom. The standard InChI is InChI=1S/C19H22O3/c1-3-17(18(20)21)19(4-2,15-11-7-5-8-12-15)22-16-13-9-6-10-14-16/h5-14,17H,3-4H2,1-2H3,(H,20,21). The molecule has 0 heterocycles. The van der Waals surface area contributed by atoms with Gasteiger partial charge in [0.05, 0.1) is 0 Å². The van der Waals surface area contributed by atoms with Crippen molar-refractivity contribution in [2.24, 2.45) is 5.92 Å². The summed E-state index contributed by atoms with van der Waals surface area (Å²) in [6, 6.07) is 19.1. The number of rotatable bonds is 7. The number of benzene rings is 2. The molecule has 2 rings (SSSR count). The fourth-order valence-corrected chi connectivity index (χ4v) is 2.98. The molecule has 1 N–H and O–H groups in total. The molecule has 0 aliphatic heterocycles. The Morgan fingerprint density at radius 1 is 1.05 bits per heavy atom. The zero-order valence-electron chi connectivity index (χ0n) is 13.0. The SMILES string of the molecule is CCC(C(=O)O)C(CC)(Oc1ccccc1)c1ccccc1. The maximum atomic E-state index is 11.8. The highest BCUT2D eigenvalue weighted by atomic mass is 16.5. The summed E-state index contributed by atoms with van der Waals surface area (Å²) in [6.07, 6.45) is 1.08. The number of carboxylic acids is 1. The third-order valence-corrected chi connectivity index (χ3v) is 4.10. The molecular formula is C19H22O3. The lowest BCUT2D eigenvalue weighted by Gasteiger charge is -2.38. The average Bonchev–Trinajstić information content (AvgIpc) is 2.56. The molecule has 2 unspecified atom stereocenters. The van der Waals surface area contributed by atoms with Crippen LogP contribution in [0.3, 0.4) is 0 Å². The van der Waals surface area contributed by atoms with Gasteiger partial charge in [-0.2, -0.15) is 0 Å². The van der Waals surface area contributed by atoms with Crippen LogP contribution >= 0.6 is 0 Å². The molecule has 3 heteroatoms. The van der Waals surface area contributed by atoms with Gasteiger partial charge in [0, 0.05) is 0 Å². The van der Waals surface area contributed by atoms with Gasteiger partial charge < -0.3 is 9.84 Å². The second-order valence-corrected chi connectivity index (χ2v) is 5.32. The number of carboxylic acid groups (broad SMARTS) is 1. The predicted molar refractivity (Wildman–Crippen MR) is 86.9 cm³/mol. The van der Waals surface area contributed by atoms with E-state index in [0.29, 0.717) is 18.6 Å². The fourth-order valence-electron chi connectivity index (χ4n) is 2.98. The summed E-state index contributed by atoms with van der Waals surface area (Å²) in [4.78, 5) is 11.8. The van der Waals surface area contributed by atoms with Gasteiger partial charge in [0.1, 0.15) is 17.3 Å². The van der Waals surface area contributed by atoms with E-state index in [1.807, 2.05) is 74.5 Å². The zero-order chi connectivity index (χ0) is 16.0. The smallest absolute Gasteiger partial charge is 0.310 e. The van der Waals surface area contributed by atoms with Crippen molar-refractivity contribution >= 4 is 5.97 Å². The minimum atomic E-state index is -0.872. The number of ether oxygens (including phenoxy) is 1. The van der Waals surface area contributed by atoms with Crippen LogP contribution in [0, 0.1) is 5.92 Å². The number of hydrogen-bond donors (Lipinski definition) is 1. The zero-order valence-corrected chi connectivity index (χ0v) is 13.0. The second-order valence-electron chi connectivity index (χ2n) is 5.32. The molecule has 0 aliphatic rings. The molecule has 0 spiro atoms. The van der Waals surface area contributed by atoms with Gasteiger partial charge in [0.15, 0.2) is 0 Å². The van der Waals surface area contributed by atoms with Crippen molar-refractivity contribution in [1.29, 1.82) is 0 Å². The quantitative estimate of drug-likeness (QED) is 0.819. The summed E-state index contributed by atoms with van der Waals surface area (Å²) in [5, 5.41) is 9.70. The van der Waals surface area contributed by atoms with Crippen molar-refractivity contribution < 1.29 is 14.6 Å². The van der Waals surface area contributed by atoms with Gasteiger partial charge in [-0.15, -0.1) is 0 Å². The van der Waals surface area contributed by atoms with Gasteiger partial charge in [-0.25, -0.2) is 0 Å². The van der Waals surface area contributed by atoms with Crippen LogP contribution in [-0.2, 0) is 10.4 Å². The van der Waals surface area contributed by atoms with Crippen LogP contribution < -0.4 is 4.74 Å². The molecule has 0 fully saturated rings. The molecule has 0 saturated carbocycles. The molecule has 0 bridgehead atoms. The summed E-state index contributed by atoms with van der Waals surface area (Å²) < 4.78 is 6.27. The third kappa shape index (κ3) is 3.14. The first-order chi connectivity index (χ1) is 10.6. The normalized spacial score (nSPS) is 14.8. The summed E-state index contributed by atoms with van der Waals surface area (Å²) in [6.45, 7) is 3.86. The molecule has 2 aromatic rings. The van der Waals surface area contributed by atoms with Crippen molar-refractivity contribution in [3.63, 3.8) is 0 Å². The highest BCUT2D eigenvalue weighted by molar-refractivity contribution is 5.72. The van der Waals surface area contributed by atoms with E-state index in [9.17, 15) is 9.90 Å². The van der Waals surface area contributed by atoms with Gasteiger partial charge in [-0.1, -0.05) is 62.4 Å². The first kappa shape index (κ1) is 16.1. The van der Waals surface area contributed by atoms with E-state index in [1.165, 1.54) is 0 Å². The molecular weight excluding hydrogens is 276 g/mol. The molecule has 0 aromatic heterocycles. The summed E-state index contributed by atoms with van der Waals surface area (Å²) in [5.41, 5.74) is 0.0269. The van der Waals surface area contributed by atoms with Crippen LogP contribution in [-0.4, -0.2) is 11.1 Å². The van der Waals surface area contributed by atoms with Gasteiger partial charge in [0.2, 0.25) is 0 Å². The lowest BCUT2D eigenvalue weighted by Crippen LogP contribution is -2.44. The maximum absolute atomic E-state index is 11.8. The van der Waals surface area contributed by atoms with Crippen LogP contribution in [0.1, 0.15) is 32.3 Å². The second kappa shape index (κ2) is 7.12. The van der Waals surface area contributed by atoms with E-state index in [4.69, 9.17) is 4.74 Å². The van der Waals surface area contributed by atoms with E-state index in [0.717, 1.165) is 5.56 Å². The lowest BCUT2D eigenvalue weighted by molar-refractivity contribution is -0.151. The topological polar surface area (TPSA) is 46.5 Å². The molecule has 0 radical (unpaired) electrons. The Morgan fingerprint density at radius 3 is 2.05 bits per heavy atom. The number of carbonyl (C=O) groups is 1. The number of para-hydroxylation sites is 1. The van der Waals surface area contributed by atoms with Crippen molar-refractivity contribution in [3.8, 4) is 5.75 Å². The molecule has 116 valence electrons. The van der Waals surface area contributed by atoms with E-state index in [-0.39, 0.29) is 0 Å². The van der Waals surface area contributed by atoms with Crippen molar-refractivity contribution in [3.05, 3.63) is 66.2 Å². The molecule has 2 atom stereocenters. The molecule has 0 saturated heterocycles. The van der Waals surface area contributed by atoms with E-state index in [1.54, 1.807) is 0 Å². The van der Waals surface area contributed by atoms with E-state index in [2.05, 4.69) is 0 Å². The van der Waals surface area contributed by atoms with Gasteiger partial charge in [0.25, 0.3) is 0 Å². The molecule has 0 aliphatic carbocycles. The Balaban J connectivity index is 2.53. The Bertz CT molecular complexity index is 595. The summed E-state index contributed by atoms with van der Waals surface area (Å²) in [7, 11) is 0. The van der Waals surface area contributed by atoms with Crippen molar-refractivity contribution in [2.45, 2.75) is 32.3 Å². The highest BCUT2D eigenvalue weighted by Gasteiger charge is 2.44. The Kier molecular flexibility index (Phi) is 5.21. The van der Waals surface area contributed by atoms with Crippen LogP contribution in [0.4, 0.5) is 0 Å². The van der Waals surface area contributed by atoms with E-state index >= 15 is 0 Å². The van der Waals surface area contributed by atoms with Crippen LogP contribution in [0.25, 0.3) is 0 Å². The molecule has 0 amide bonds. The van der Waals surface area contributed by atoms with Crippen molar-refractivity contribution in [1.82, 2.24) is 0 Å².